The van der Waals surface area contributed by atoms with Gasteiger partial charge in [-0.1, -0.05) is 36.0 Å². The van der Waals surface area contributed by atoms with Crippen LogP contribution in [0.2, 0.25) is 0 Å². The van der Waals surface area contributed by atoms with Gasteiger partial charge in [-0.05, 0) is 41.8 Å². The topological polar surface area (TPSA) is 71.1 Å². The van der Waals surface area contributed by atoms with Gasteiger partial charge < -0.3 is 9.64 Å². The number of methoxy groups -OCH3 is 1. The predicted molar refractivity (Wildman–Crippen MR) is 105 cm³/mol. The summed E-state index contributed by atoms with van der Waals surface area (Å²) in [7, 11) is 1.64. The summed E-state index contributed by atoms with van der Waals surface area (Å²) < 4.78 is 5.16. The Balaban J connectivity index is 1.35. The third-order valence-electron chi connectivity index (χ3n) is 4.64. The van der Waals surface area contributed by atoms with Crippen molar-refractivity contribution in [1.82, 2.24) is 20.1 Å². The lowest BCUT2D eigenvalue weighted by Gasteiger charge is -2.28. The number of hydrogen-bond donors (Lipinski definition) is 1. The number of ether oxygens (including phenoxy) is 1. The maximum Gasteiger partial charge on any atom is 0.233 e. The van der Waals surface area contributed by atoms with Gasteiger partial charge in [0, 0.05) is 18.7 Å². The number of carbonyl (C=O) groups is 1. The van der Waals surface area contributed by atoms with E-state index in [4.69, 9.17) is 4.74 Å². The minimum Gasteiger partial charge on any atom is -0.497 e. The quantitative estimate of drug-likeness (QED) is 0.689. The molecule has 2 aromatic carbocycles. The van der Waals surface area contributed by atoms with Gasteiger partial charge in [0.25, 0.3) is 0 Å². The van der Waals surface area contributed by atoms with E-state index < -0.39 is 0 Å². The normalized spacial score (nSPS) is 13.3. The molecule has 0 unspecified atom stereocenters. The number of aromatic nitrogens is 3. The van der Waals surface area contributed by atoms with E-state index in [2.05, 4.69) is 33.4 Å². The van der Waals surface area contributed by atoms with Crippen LogP contribution in [0.5, 0.6) is 5.75 Å². The number of rotatable bonds is 5. The van der Waals surface area contributed by atoms with Crippen LogP contribution in [0.25, 0.3) is 11.4 Å². The third-order valence-corrected chi connectivity index (χ3v) is 5.47. The highest BCUT2D eigenvalue weighted by molar-refractivity contribution is 7.99. The smallest absolute Gasteiger partial charge is 0.233 e. The number of amides is 1. The summed E-state index contributed by atoms with van der Waals surface area (Å²) >= 11 is 1.36. The van der Waals surface area contributed by atoms with E-state index in [1.165, 1.54) is 22.9 Å². The van der Waals surface area contributed by atoms with Crippen molar-refractivity contribution in [2.75, 3.05) is 19.4 Å². The van der Waals surface area contributed by atoms with E-state index in [1.54, 1.807) is 7.11 Å². The summed E-state index contributed by atoms with van der Waals surface area (Å²) in [6, 6.07) is 15.9. The molecule has 27 heavy (non-hydrogen) atoms. The van der Waals surface area contributed by atoms with Crippen LogP contribution < -0.4 is 4.74 Å². The van der Waals surface area contributed by atoms with E-state index >= 15 is 0 Å². The molecule has 138 valence electrons. The summed E-state index contributed by atoms with van der Waals surface area (Å²) in [5.74, 6) is 1.92. The maximum atomic E-state index is 12.6. The highest BCUT2D eigenvalue weighted by atomic mass is 32.2. The summed E-state index contributed by atoms with van der Waals surface area (Å²) in [6.07, 6.45) is 0.912. The fraction of sp³-hybridized carbons (Fsp3) is 0.250. The van der Waals surface area contributed by atoms with E-state index in [0.717, 1.165) is 24.3 Å². The fourth-order valence-corrected chi connectivity index (χ4v) is 3.82. The van der Waals surface area contributed by atoms with Crippen LogP contribution in [0.15, 0.2) is 53.7 Å². The lowest BCUT2D eigenvalue weighted by atomic mass is 10.00. The monoisotopic (exact) mass is 380 g/mol. The summed E-state index contributed by atoms with van der Waals surface area (Å²) in [5, 5.41) is 7.72. The average molecular weight is 380 g/mol. The molecule has 0 saturated heterocycles. The molecule has 1 aliphatic heterocycles. The number of H-pyrrole nitrogens is 1. The SMILES string of the molecule is COc1ccc(-c2nc(SCC(=O)N3CCc4ccccc4C3)n[nH]2)cc1. The Morgan fingerprint density at radius 3 is 2.74 bits per heavy atom. The van der Waals surface area contributed by atoms with Crippen LogP contribution in [0.1, 0.15) is 11.1 Å². The van der Waals surface area contributed by atoms with E-state index in [-0.39, 0.29) is 5.91 Å². The Bertz CT molecular complexity index is 939. The average Bonchev–Trinajstić information content (AvgIpc) is 3.21. The Morgan fingerprint density at radius 2 is 1.96 bits per heavy atom. The second kappa shape index (κ2) is 7.84. The first-order valence-electron chi connectivity index (χ1n) is 8.77. The molecule has 0 radical (unpaired) electrons. The molecule has 1 aromatic heterocycles. The van der Waals surface area contributed by atoms with Crippen molar-refractivity contribution < 1.29 is 9.53 Å². The molecule has 0 aliphatic carbocycles. The first kappa shape index (κ1) is 17.6. The van der Waals surface area contributed by atoms with Crippen molar-refractivity contribution in [3.05, 3.63) is 59.7 Å². The molecule has 6 nitrogen and oxygen atoms in total. The Kier molecular flexibility index (Phi) is 5.11. The number of fused-ring (bicyclic) bond motifs is 1. The fourth-order valence-electron chi connectivity index (χ4n) is 3.12. The maximum absolute atomic E-state index is 12.6. The molecule has 0 bridgehead atoms. The second-order valence-electron chi connectivity index (χ2n) is 6.32. The molecule has 1 aliphatic rings. The lowest BCUT2D eigenvalue weighted by molar-refractivity contribution is -0.129. The zero-order valence-electron chi connectivity index (χ0n) is 15.0. The Morgan fingerprint density at radius 1 is 1.19 bits per heavy atom. The molecule has 1 amide bonds. The van der Waals surface area contributed by atoms with Crippen LogP contribution in [0.4, 0.5) is 0 Å². The van der Waals surface area contributed by atoms with Gasteiger partial charge in [0.05, 0.1) is 12.9 Å². The number of benzene rings is 2. The number of aromatic amines is 1. The second-order valence-corrected chi connectivity index (χ2v) is 7.26. The molecule has 1 N–H and O–H groups in total. The van der Waals surface area contributed by atoms with Crippen molar-refractivity contribution >= 4 is 17.7 Å². The molecular formula is C20H20N4O2S. The molecular weight excluding hydrogens is 360 g/mol. The highest BCUT2D eigenvalue weighted by Crippen LogP contribution is 2.23. The zero-order valence-corrected chi connectivity index (χ0v) is 15.8. The molecule has 3 aromatic rings. The van der Waals surface area contributed by atoms with Gasteiger partial charge in [0.2, 0.25) is 11.1 Å². The first-order valence-corrected chi connectivity index (χ1v) is 9.75. The zero-order chi connectivity index (χ0) is 18.6. The summed E-state index contributed by atoms with van der Waals surface area (Å²) in [4.78, 5) is 18.9. The molecule has 7 heteroatoms. The molecule has 0 saturated carbocycles. The summed E-state index contributed by atoms with van der Waals surface area (Å²) in [6.45, 7) is 1.45. The minimum atomic E-state index is 0.116. The lowest BCUT2D eigenvalue weighted by Crippen LogP contribution is -2.37. The van der Waals surface area contributed by atoms with Crippen LogP contribution in [-0.2, 0) is 17.8 Å². The largest absolute Gasteiger partial charge is 0.497 e. The first-order chi connectivity index (χ1) is 13.2. The molecule has 2 heterocycles. The number of hydrogen-bond acceptors (Lipinski definition) is 5. The standard InChI is InChI=1S/C20H20N4O2S/c1-26-17-8-6-15(7-9-17)19-21-20(23-22-19)27-13-18(25)24-11-10-14-4-2-3-5-16(14)12-24/h2-9H,10-13H2,1H3,(H,21,22,23). The summed E-state index contributed by atoms with van der Waals surface area (Å²) in [5.41, 5.74) is 3.50. The third kappa shape index (κ3) is 3.98. The van der Waals surface area contributed by atoms with Gasteiger partial charge in [0.1, 0.15) is 5.75 Å². The van der Waals surface area contributed by atoms with Crippen LogP contribution >= 0.6 is 11.8 Å². The molecule has 0 spiro atoms. The highest BCUT2D eigenvalue weighted by Gasteiger charge is 2.20. The number of carbonyl (C=O) groups excluding carboxylic acids is 1. The van der Waals surface area contributed by atoms with E-state index in [1.807, 2.05) is 35.2 Å². The van der Waals surface area contributed by atoms with Gasteiger partial charge in [0.15, 0.2) is 5.82 Å². The number of nitrogens with zero attached hydrogens (tertiary/aromatic N) is 3. The van der Waals surface area contributed by atoms with Gasteiger partial charge in [-0.3, -0.25) is 9.89 Å². The number of thioether (sulfide) groups is 1. The van der Waals surface area contributed by atoms with Crippen LogP contribution in [0, 0.1) is 0 Å². The van der Waals surface area contributed by atoms with Crippen molar-refractivity contribution in [3.63, 3.8) is 0 Å². The van der Waals surface area contributed by atoms with Gasteiger partial charge in [-0.25, -0.2) is 4.98 Å². The molecule has 0 atom stereocenters. The van der Waals surface area contributed by atoms with Crippen molar-refractivity contribution in [3.8, 4) is 17.1 Å². The minimum absolute atomic E-state index is 0.116. The Labute approximate surface area is 162 Å². The number of nitrogens with one attached hydrogen (secondary N) is 1. The van der Waals surface area contributed by atoms with E-state index in [0.29, 0.717) is 23.3 Å². The Hall–Kier alpha value is -2.80. The van der Waals surface area contributed by atoms with Crippen molar-refractivity contribution in [2.45, 2.75) is 18.1 Å². The predicted octanol–water partition coefficient (Wildman–Crippen LogP) is 3.16. The van der Waals surface area contributed by atoms with Crippen molar-refractivity contribution in [1.29, 1.82) is 0 Å². The van der Waals surface area contributed by atoms with Crippen LogP contribution in [-0.4, -0.2) is 45.4 Å². The molecule has 4 rings (SSSR count). The van der Waals surface area contributed by atoms with Gasteiger partial charge >= 0.3 is 0 Å². The van der Waals surface area contributed by atoms with Crippen LogP contribution in [0.3, 0.4) is 0 Å². The molecule has 0 fully saturated rings. The van der Waals surface area contributed by atoms with E-state index in [9.17, 15) is 4.79 Å². The van der Waals surface area contributed by atoms with Gasteiger partial charge in [-0.2, -0.15) is 0 Å². The van der Waals surface area contributed by atoms with Gasteiger partial charge in [-0.15, -0.1) is 5.10 Å². The van der Waals surface area contributed by atoms with Crippen molar-refractivity contribution in [2.24, 2.45) is 0 Å².